The van der Waals surface area contributed by atoms with Gasteiger partial charge in [0.25, 0.3) is 0 Å². The van der Waals surface area contributed by atoms with Gasteiger partial charge in [0.1, 0.15) is 5.75 Å². The average molecular weight is 313 g/mol. The largest absolute Gasteiger partial charge is 0.490 e. The molecular formula is C16H25ClN2O2. The molecule has 1 aromatic carbocycles. The maximum Gasteiger partial charge on any atom is 0.236 e. The molecular weight excluding hydrogens is 288 g/mol. The number of carbonyl (C=O) groups excluding carboxylic acids is 1. The van der Waals surface area contributed by atoms with Crippen molar-refractivity contribution in [3.05, 3.63) is 29.8 Å². The number of benzene rings is 1. The van der Waals surface area contributed by atoms with Gasteiger partial charge < -0.3 is 15.8 Å². The molecule has 0 heterocycles. The zero-order valence-electron chi connectivity index (χ0n) is 12.5. The summed E-state index contributed by atoms with van der Waals surface area (Å²) in [6.45, 7) is 2.18. The molecule has 1 aromatic rings. The highest BCUT2D eigenvalue weighted by Gasteiger charge is 2.14. The zero-order chi connectivity index (χ0) is 14.4. The smallest absolute Gasteiger partial charge is 0.236 e. The van der Waals surface area contributed by atoms with Crippen molar-refractivity contribution in [2.45, 2.75) is 57.7 Å². The van der Waals surface area contributed by atoms with E-state index in [9.17, 15) is 4.79 Å². The quantitative estimate of drug-likeness (QED) is 0.878. The summed E-state index contributed by atoms with van der Waals surface area (Å²) in [4.78, 5) is 11.4. The Morgan fingerprint density at radius 2 is 1.90 bits per heavy atom. The highest BCUT2D eigenvalue weighted by Crippen LogP contribution is 2.23. The van der Waals surface area contributed by atoms with E-state index in [4.69, 9.17) is 10.5 Å². The first-order valence-corrected chi connectivity index (χ1v) is 7.44. The van der Waals surface area contributed by atoms with Crippen molar-refractivity contribution in [1.29, 1.82) is 0 Å². The Balaban J connectivity index is 0.00000220. The van der Waals surface area contributed by atoms with E-state index in [1.807, 2.05) is 24.3 Å². The standard InChI is InChI=1S/C16H24N2O2.ClH/c1-12(17)16(19)18-11-13-7-9-15(10-8-13)20-14-5-3-2-4-6-14;/h7-10,12,14H,2-6,11,17H2,1H3,(H,18,19);1H/t12-;/m0./s1. The van der Waals surface area contributed by atoms with E-state index in [2.05, 4.69) is 5.32 Å². The first kappa shape index (κ1) is 17.8. The van der Waals surface area contributed by atoms with Gasteiger partial charge in [-0.05, 0) is 50.3 Å². The third kappa shape index (κ3) is 5.94. The molecule has 1 amide bonds. The molecule has 1 saturated carbocycles. The van der Waals surface area contributed by atoms with Gasteiger partial charge in [-0.25, -0.2) is 0 Å². The van der Waals surface area contributed by atoms with Crippen LogP contribution in [0.1, 0.15) is 44.6 Å². The van der Waals surface area contributed by atoms with Crippen LogP contribution in [0.15, 0.2) is 24.3 Å². The van der Waals surface area contributed by atoms with Gasteiger partial charge in [-0.15, -0.1) is 12.4 Å². The van der Waals surface area contributed by atoms with Gasteiger partial charge in [-0.2, -0.15) is 0 Å². The fourth-order valence-electron chi connectivity index (χ4n) is 2.41. The molecule has 0 radical (unpaired) electrons. The second-order valence-corrected chi connectivity index (χ2v) is 5.53. The normalized spacial score (nSPS) is 16.7. The van der Waals surface area contributed by atoms with Crippen molar-refractivity contribution >= 4 is 18.3 Å². The zero-order valence-corrected chi connectivity index (χ0v) is 13.3. The van der Waals surface area contributed by atoms with Crippen LogP contribution in [0.25, 0.3) is 0 Å². The number of nitrogens with two attached hydrogens (primary N) is 1. The van der Waals surface area contributed by atoms with Crippen LogP contribution in [0.5, 0.6) is 5.75 Å². The predicted octanol–water partition coefficient (Wildman–Crippen LogP) is 2.78. The van der Waals surface area contributed by atoms with Crippen LogP contribution in [-0.4, -0.2) is 18.1 Å². The molecule has 1 atom stereocenters. The number of halogens is 1. The van der Waals surface area contributed by atoms with Crippen LogP contribution in [0.4, 0.5) is 0 Å². The van der Waals surface area contributed by atoms with Crippen LogP contribution in [0.2, 0.25) is 0 Å². The van der Waals surface area contributed by atoms with Crippen LogP contribution in [0.3, 0.4) is 0 Å². The van der Waals surface area contributed by atoms with Crippen LogP contribution in [0, 0.1) is 0 Å². The molecule has 2 rings (SSSR count). The molecule has 4 nitrogen and oxygen atoms in total. The molecule has 118 valence electrons. The Bertz CT molecular complexity index is 428. The Labute approximate surface area is 132 Å². The minimum Gasteiger partial charge on any atom is -0.490 e. The van der Waals surface area contributed by atoms with Gasteiger partial charge in [-0.3, -0.25) is 4.79 Å². The summed E-state index contributed by atoms with van der Waals surface area (Å²) < 4.78 is 5.97. The number of hydrogen-bond donors (Lipinski definition) is 2. The summed E-state index contributed by atoms with van der Waals surface area (Å²) in [5.74, 6) is 0.784. The fourth-order valence-corrected chi connectivity index (χ4v) is 2.41. The molecule has 5 heteroatoms. The highest BCUT2D eigenvalue weighted by molar-refractivity contribution is 5.85. The highest BCUT2D eigenvalue weighted by atomic mass is 35.5. The Kier molecular flexibility index (Phi) is 7.54. The molecule has 0 bridgehead atoms. The molecule has 0 unspecified atom stereocenters. The van der Waals surface area contributed by atoms with Crippen molar-refractivity contribution in [2.24, 2.45) is 5.73 Å². The predicted molar refractivity (Wildman–Crippen MR) is 86.7 cm³/mol. The van der Waals surface area contributed by atoms with Gasteiger partial charge in [0.05, 0.1) is 12.1 Å². The number of rotatable bonds is 5. The molecule has 21 heavy (non-hydrogen) atoms. The SMILES string of the molecule is C[C@H](N)C(=O)NCc1ccc(OC2CCCCC2)cc1.Cl. The van der Waals surface area contributed by atoms with Crippen molar-refractivity contribution in [2.75, 3.05) is 0 Å². The van der Waals surface area contributed by atoms with Crippen molar-refractivity contribution in [3.63, 3.8) is 0 Å². The first-order valence-electron chi connectivity index (χ1n) is 7.44. The van der Waals surface area contributed by atoms with Gasteiger partial charge >= 0.3 is 0 Å². The summed E-state index contributed by atoms with van der Waals surface area (Å²) in [6, 6.07) is 7.45. The minimum absolute atomic E-state index is 0. The van der Waals surface area contributed by atoms with Gasteiger partial charge in [-0.1, -0.05) is 18.6 Å². The van der Waals surface area contributed by atoms with E-state index >= 15 is 0 Å². The number of carbonyl (C=O) groups is 1. The lowest BCUT2D eigenvalue weighted by Gasteiger charge is -2.23. The Morgan fingerprint density at radius 1 is 1.29 bits per heavy atom. The van der Waals surface area contributed by atoms with Crippen molar-refractivity contribution < 1.29 is 9.53 Å². The van der Waals surface area contributed by atoms with Crippen LogP contribution < -0.4 is 15.8 Å². The molecule has 0 saturated heterocycles. The van der Waals surface area contributed by atoms with Crippen LogP contribution >= 0.6 is 12.4 Å². The number of hydrogen-bond acceptors (Lipinski definition) is 3. The average Bonchev–Trinajstić information content (AvgIpc) is 2.47. The second kappa shape index (κ2) is 8.90. The summed E-state index contributed by atoms with van der Waals surface area (Å²) in [6.07, 6.45) is 6.56. The first-order chi connectivity index (χ1) is 9.65. The third-order valence-electron chi connectivity index (χ3n) is 3.66. The van der Waals surface area contributed by atoms with Gasteiger partial charge in [0.15, 0.2) is 0 Å². The van der Waals surface area contributed by atoms with E-state index in [1.54, 1.807) is 6.92 Å². The van der Waals surface area contributed by atoms with E-state index in [0.717, 1.165) is 24.2 Å². The van der Waals surface area contributed by atoms with E-state index < -0.39 is 6.04 Å². The molecule has 0 aromatic heterocycles. The van der Waals surface area contributed by atoms with Gasteiger partial charge in [0, 0.05) is 6.54 Å². The number of nitrogens with one attached hydrogen (secondary N) is 1. The molecule has 0 aliphatic heterocycles. The summed E-state index contributed by atoms with van der Waals surface area (Å²) in [7, 11) is 0. The Morgan fingerprint density at radius 3 is 2.48 bits per heavy atom. The summed E-state index contributed by atoms with van der Waals surface area (Å²) in [5, 5.41) is 2.79. The van der Waals surface area contributed by atoms with Crippen LogP contribution in [-0.2, 0) is 11.3 Å². The van der Waals surface area contributed by atoms with E-state index in [-0.39, 0.29) is 18.3 Å². The monoisotopic (exact) mass is 312 g/mol. The lowest BCUT2D eigenvalue weighted by Crippen LogP contribution is -2.37. The van der Waals surface area contributed by atoms with Crippen molar-refractivity contribution in [1.82, 2.24) is 5.32 Å². The second-order valence-electron chi connectivity index (χ2n) is 5.53. The van der Waals surface area contributed by atoms with Gasteiger partial charge in [0.2, 0.25) is 5.91 Å². The number of ether oxygens (including phenoxy) is 1. The third-order valence-corrected chi connectivity index (χ3v) is 3.66. The molecule has 1 fully saturated rings. The minimum atomic E-state index is -0.469. The topological polar surface area (TPSA) is 64.4 Å². The van der Waals surface area contributed by atoms with Crippen molar-refractivity contribution in [3.8, 4) is 5.75 Å². The van der Waals surface area contributed by atoms with E-state index in [0.29, 0.717) is 12.6 Å². The molecule has 3 N–H and O–H groups in total. The molecule has 1 aliphatic carbocycles. The lowest BCUT2D eigenvalue weighted by atomic mass is 9.98. The summed E-state index contributed by atoms with van der Waals surface area (Å²) in [5.41, 5.74) is 6.55. The molecule has 1 aliphatic rings. The fraction of sp³-hybridized carbons (Fsp3) is 0.562. The Hall–Kier alpha value is -1.26. The number of amides is 1. The summed E-state index contributed by atoms with van der Waals surface area (Å²) >= 11 is 0. The lowest BCUT2D eigenvalue weighted by molar-refractivity contribution is -0.122. The van der Waals surface area contributed by atoms with E-state index in [1.165, 1.54) is 19.3 Å². The maximum atomic E-state index is 11.4. The maximum absolute atomic E-state index is 11.4. The molecule has 0 spiro atoms.